The summed E-state index contributed by atoms with van der Waals surface area (Å²) in [5.41, 5.74) is 6.31. The van der Waals surface area contributed by atoms with Crippen LogP contribution in [0.2, 0.25) is 0 Å². The van der Waals surface area contributed by atoms with Gasteiger partial charge in [-0.25, -0.2) is 0 Å². The molecule has 20 heavy (non-hydrogen) atoms. The molecule has 4 nitrogen and oxygen atoms in total. The molecule has 5 heteroatoms. The molecule has 110 valence electrons. The minimum absolute atomic E-state index is 0.0876. The molecule has 1 aliphatic rings. The molecule has 0 saturated carbocycles. The number of hydrazine groups is 1. The number of fused-ring (bicyclic) bond motifs is 1. The Labute approximate surface area is 123 Å². The highest BCUT2D eigenvalue weighted by Gasteiger charge is 2.17. The van der Waals surface area contributed by atoms with Gasteiger partial charge in [0.2, 0.25) is 5.91 Å². The zero-order valence-electron chi connectivity index (χ0n) is 12.1. The summed E-state index contributed by atoms with van der Waals surface area (Å²) in [6.45, 7) is 3.79. The lowest BCUT2D eigenvalue weighted by atomic mass is 10.1. The molecule has 1 heterocycles. The molecule has 1 aromatic heterocycles. The van der Waals surface area contributed by atoms with E-state index in [-0.39, 0.29) is 17.7 Å². The summed E-state index contributed by atoms with van der Waals surface area (Å²) in [6.07, 6.45) is 6.59. The van der Waals surface area contributed by atoms with Crippen molar-refractivity contribution < 1.29 is 9.59 Å². The number of amides is 2. The largest absolute Gasteiger partial charge is 0.279 e. The van der Waals surface area contributed by atoms with Crippen molar-refractivity contribution in [2.75, 3.05) is 0 Å². The highest BCUT2D eigenvalue weighted by molar-refractivity contribution is 7.14. The Kier molecular flexibility index (Phi) is 5.17. The van der Waals surface area contributed by atoms with E-state index in [0.717, 1.165) is 19.3 Å². The molecule has 0 aliphatic heterocycles. The second kappa shape index (κ2) is 6.88. The van der Waals surface area contributed by atoms with Crippen LogP contribution in [0.25, 0.3) is 0 Å². The van der Waals surface area contributed by atoms with Crippen molar-refractivity contribution in [3.63, 3.8) is 0 Å². The fraction of sp³-hybridized carbons (Fsp3) is 0.600. The molecule has 2 amide bonds. The maximum atomic E-state index is 12.0. The van der Waals surface area contributed by atoms with E-state index in [2.05, 4.69) is 10.9 Å². The molecule has 0 spiro atoms. The standard InChI is InChI=1S/C15H22N2O2S/c1-3-10(2)14(18)16-17-15(19)13-9-11-7-5-4-6-8-12(11)20-13/h9-10H,3-8H2,1-2H3,(H,16,18)(H,17,19)/t10-/m0/s1. The molecule has 0 saturated heterocycles. The summed E-state index contributed by atoms with van der Waals surface area (Å²) >= 11 is 1.56. The Balaban J connectivity index is 1.94. The summed E-state index contributed by atoms with van der Waals surface area (Å²) in [7, 11) is 0. The van der Waals surface area contributed by atoms with Gasteiger partial charge in [0.25, 0.3) is 5.91 Å². The van der Waals surface area contributed by atoms with Crippen molar-refractivity contribution in [2.45, 2.75) is 52.4 Å². The quantitative estimate of drug-likeness (QED) is 0.665. The van der Waals surface area contributed by atoms with Gasteiger partial charge in [-0.1, -0.05) is 20.3 Å². The van der Waals surface area contributed by atoms with Gasteiger partial charge in [0.05, 0.1) is 4.88 Å². The number of nitrogens with one attached hydrogen (secondary N) is 2. The van der Waals surface area contributed by atoms with Crippen molar-refractivity contribution in [2.24, 2.45) is 5.92 Å². The third kappa shape index (κ3) is 3.60. The van der Waals surface area contributed by atoms with Crippen molar-refractivity contribution in [1.82, 2.24) is 10.9 Å². The van der Waals surface area contributed by atoms with E-state index >= 15 is 0 Å². The predicted molar refractivity (Wildman–Crippen MR) is 80.6 cm³/mol. The van der Waals surface area contributed by atoms with Crippen LogP contribution < -0.4 is 10.9 Å². The lowest BCUT2D eigenvalue weighted by Gasteiger charge is -2.10. The number of rotatable bonds is 3. The van der Waals surface area contributed by atoms with Crippen LogP contribution in [0.4, 0.5) is 0 Å². The third-order valence-electron chi connectivity index (χ3n) is 3.83. The molecule has 2 rings (SSSR count). The number of hydrogen-bond acceptors (Lipinski definition) is 3. The summed E-state index contributed by atoms with van der Waals surface area (Å²) < 4.78 is 0. The van der Waals surface area contributed by atoms with Crippen LogP contribution in [-0.2, 0) is 17.6 Å². The fourth-order valence-corrected chi connectivity index (χ4v) is 3.42. The topological polar surface area (TPSA) is 58.2 Å². The number of aryl methyl sites for hydroxylation is 2. The van der Waals surface area contributed by atoms with Gasteiger partial charge in [-0.3, -0.25) is 20.4 Å². The summed E-state index contributed by atoms with van der Waals surface area (Å²) in [4.78, 5) is 25.7. The minimum Gasteiger partial charge on any atom is -0.273 e. The third-order valence-corrected chi connectivity index (χ3v) is 5.07. The maximum Gasteiger partial charge on any atom is 0.279 e. The van der Waals surface area contributed by atoms with Crippen LogP contribution in [-0.4, -0.2) is 11.8 Å². The number of hydrogen-bond donors (Lipinski definition) is 2. The maximum absolute atomic E-state index is 12.0. The molecule has 0 aromatic carbocycles. The average Bonchev–Trinajstić information content (AvgIpc) is 2.74. The second-order valence-electron chi connectivity index (χ2n) is 5.37. The molecule has 1 aromatic rings. The van der Waals surface area contributed by atoms with Crippen LogP contribution in [0, 0.1) is 5.92 Å². The Morgan fingerprint density at radius 1 is 1.25 bits per heavy atom. The number of carbonyl (C=O) groups is 2. The van der Waals surface area contributed by atoms with Crippen LogP contribution >= 0.6 is 11.3 Å². The molecular formula is C15H22N2O2S. The SMILES string of the molecule is CC[C@H](C)C(=O)NNC(=O)c1cc2c(s1)CCCCC2. The Morgan fingerprint density at radius 2 is 2.00 bits per heavy atom. The van der Waals surface area contributed by atoms with E-state index in [9.17, 15) is 9.59 Å². The lowest BCUT2D eigenvalue weighted by molar-refractivity contribution is -0.125. The average molecular weight is 294 g/mol. The zero-order chi connectivity index (χ0) is 14.5. The summed E-state index contributed by atoms with van der Waals surface area (Å²) in [5, 5.41) is 0. The van der Waals surface area contributed by atoms with Gasteiger partial charge in [0.15, 0.2) is 0 Å². The van der Waals surface area contributed by atoms with Gasteiger partial charge < -0.3 is 0 Å². The lowest BCUT2D eigenvalue weighted by Crippen LogP contribution is -2.43. The normalized spacial score (nSPS) is 15.9. The van der Waals surface area contributed by atoms with Gasteiger partial charge in [-0.05, 0) is 43.7 Å². The van der Waals surface area contributed by atoms with E-state index in [0.29, 0.717) is 4.88 Å². The van der Waals surface area contributed by atoms with Gasteiger partial charge in [0.1, 0.15) is 0 Å². The monoisotopic (exact) mass is 294 g/mol. The van der Waals surface area contributed by atoms with Crippen LogP contribution in [0.5, 0.6) is 0 Å². The molecule has 0 fully saturated rings. The fourth-order valence-electron chi connectivity index (χ4n) is 2.27. The molecule has 0 radical (unpaired) electrons. The van der Waals surface area contributed by atoms with Crippen LogP contribution in [0.3, 0.4) is 0 Å². The smallest absolute Gasteiger partial charge is 0.273 e. The Bertz CT molecular complexity index is 473. The van der Waals surface area contributed by atoms with E-state index in [1.807, 2.05) is 19.9 Å². The van der Waals surface area contributed by atoms with Crippen molar-refractivity contribution >= 4 is 23.2 Å². The van der Waals surface area contributed by atoms with Gasteiger partial charge in [-0.15, -0.1) is 11.3 Å². The second-order valence-corrected chi connectivity index (χ2v) is 6.51. The van der Waals surface area contributed by atoms with Crippen molar-refractivity contribution in [3.05, 3.63) is 21.4 Å². The number of carbonyl (C=O) groups excluding carboxylic acids is 2. The van der Waals surface area contributed by atoms with Crippen molar-refractivity contribution in [3.8, 4) is 0 Å². The summed E-state index contributed by atoms with van der Waals surface area (Å²) in [5.74, 6) is -0.436. The van der Waals surface area contributed by atoms with Gasteiger partial charge in [-0.2, -0.15) is 0 Å². The van der Waals surface area contributed by atoms with E-state index in [4.69, 9.17) is 0 Å². The van der Waals surface area contributed by atoms with Crippen LogP contribution in [0.15, 0.2) is 6.07 Å². The highest BCUT2D eigenvalue weighted by atomic mass is 32.1. The highest BCUT2D eigenvalue weighted by Crippen LogP contribution is 2.28. The first-order valence-corrected chi connectivity index (χ1v) is 8.15. The van der Waals surface area contributed by atoms with Gasteiger partial charge in [0, 0.05) is 10.8 Å². The first-order valence-electron chi connectivity index (χ1n) is 7.33. The van der Waals surface area contributed by atoms with Crippen LogP contribution in [0.1, 0.15) is 59.6 Å². The predicted octanol–water partition coefficient (Wildman–Crippen LogP) is 2.82. The molecule has 1 aliphatic carbocycles. The Hall–Kier alpha value is -1.36. The molecular weight excluding hydrogens is 272 g/mol. The van der Waals surface area contributed by atoms with Gasteiger partial charge >= 0.3 is 0 Å². The van der Waals surface area contributed by atoms with E-state index in [1.54, 1.807) is 11.3 Å². The van der Waals surface area contributed by atoms with E-state index < -0.39 is 0 Å². The first kappa shape index (κ1) is 15.0. The molecule has 0 bridgehead atoms. The molecule has 0 unspecified atom stereocenters. The number of thiophene rings is 1. The summed E-state index contributed by atoms with van der Waals surface area (Å²) in [6, 6.07) is 1.98. The van der Waals surface area contributed by atoms with Crippen molar-refractivity contribution in [1.29, 1.82) is 0 Å². The molecule has 1 atom stereocenters. The molecule has 2 N–H and O–H groups in total. The minimum atomic E-state index is -0.209. The van der Waals surface area contributed by atoms with E-state index in [1.165, 1.54) is 29.7 Å². The zero-order valence-corrected chi connectivity index (χ0v) is 12.9. The Morgan fingerprint density at radius 3 is 2.75 bits per heavy atom. The first-order chi connectivity index (χ1) is 9.61.